The first-order valence-electron chi connectivity index (χ1n) is 9.14. The number of likely N-dealkylation sites (tertiary alicyclic amines) is 1. The molecule has 1 saturated heterocycles. The van der Waals surface area contributed by atoms with Gasteiger partial charge in [-0.15, -0.1) is 0 Å². The van der Waals surface area contributed by atoms with Crippen molar-refractivity contribution in [3.8, 4) is 0 Å². The topological polar surface area (TPSA) is 15.3 Å². The highest BCUT2D eigenvalue weighted by Crippen LogP contribution is 2.21. The quantitative estimate of drug-likeness (QED) is 0.743. The molecule has 0 atom stereocenters. The summed E-state index contributed by atoms with van der Waals surface area (Å²) in [6.07, 6.45) is 4.55. The van der Waals surface area contributed by atoms with Gasteiger partial charge in [-0.1, -0.05) is 59.6 Å². The summed E-state index contributed by atoms with van der Waals surface area (Å²) in [7, 11) is 0. The Morgan fingerprint density at radius 2 is 1.72 bits per heavy atom. The lowest BCUT2D eigenvalue weighted by Gasteiger charge is -2.32. The van der Waals surface area contributed by atoms with E-state index in [2.05, 4.69) is 40.5 Å². The van der Waals surface area contributed by atoms with E-state index in [1.807, 2.05) is 18.2 Å². The smallest absolute Gasteiger partial charge is 0.0453 e. The molecule has 0 unspecified atom stereocenters. The summed E-state index contributed by atoms with van der Waals surface area (Å²) in [5.41, 5.74) is 2.60. The highest BCUT2D eigenvalue weighted by molar-refractivity contribution is 6.35. The standard InChI is InChI=1S/C21H26Cl2N2/c22-19-7-6-18(21(23)16-19)8-12-24-20-10-14-25(15-11-20)13-9-17-4-2-1-3-5-17/h1-7,16,20,24H,8-15H2. The van der Waals surface area contributed by atoms with Crippen molar-refractivity contribution in [2.24, 2.45) is 0 Å². The fraction of sp³-hybridized carbons (Fsp3) is 0.429. The van der Waals surface area contributed by atoms with E-state index in [1.54, 1.807) is 0 Å². The van der Waals surface area contributed by atoms with Crippen LogP contribution in [0.15, 0.2) is 48.5 Å². The molecule has 2 nitrogen and oxygen atoms in total. The van der Waals surface area contributed by atoms with Crippen molar-refractivity contribution in [2.45, 2.75) is 31.7 Å². The molecule has 1 aliphatic rings. The molecule has 0 aliphatic carbocycles. The van der Waals surface area contributed by atoms with Crippen molar-refractivity contribution in [1.82, 2.24) is 10.2 Å². The first-order valence-corrected chi connectivity index (χ1v) is 9.90. The highest BCUT2D eigenvalue weighted by atomic mass is 35.5. The summed E-state index contributed by atoms with van der Waals surface area (Å²) in [6, 6.07) is 17.1. The van der Waals surface area contributed by atoms with Gasteiger partial charge in [-0.05, 0) is 68.6 Å². The zero-order valence-electron chi connectivity index (χ0n) is 14.6. The van der Waals surface area contributed by atoms with E-state index >= 15 is 0 Å². The van der Waals surface area contributed by atoms with Gasteiger partial charge in [0.15, 0.2) is 0 Å². The van der Waals surface area contributed by atoms with E-state index in [9.17, 15) is 0 Å². The monoisotopic (exact) mass is 376 g/mol. The van der Waals surface area contributed by atoms with Crippen LogP contribution in [0.4, 0.5) is 0 Å². The predicted molar refractivity (Wildman–Crippen MR) is 108 cm³/mol. The van der Waals surface area contributed by atoms with E-state index in [0.717, 1.165) is 31.0 Å². The number of nitrogens with zero attached hydrogens (tertiary/aromatic N) is 1. The second-order valence-electron chi connectivity index (χ2n) is 6.79. The number of hydrogen-bond acceptors (Lipinski definition) is 2. The van der Waals surface area contributed by atoms with Crippen molar-refractivity contribution in [1.29, 1.82) is 0 Å². The van der Waals surface area contributed by atoms with Gasteiger partial charge in [-0.3, -0.25) is 0 Å². The summed E-state index contributed by atoms with van der Waals surface area (Å²) < 4.78 is 0. The fourth-order valence-corrected chi connectivity index (χ4v) is 3.93. The third-order valence-electron chi connectivity index (χ3n) is 4.99. The van der Waals surface area contributed by atoms with E-state index in [4.69, 9.17) is 23.2 Å². The molecule has 134 valence electrons. The van der Waals surface area contributed by atoms with Crippen LogP contribution in [0.3, 0.4) is 0 Å². The van der Waals surface area contributed by atoms with Gasteiger partial charge in [-0.25, -0.2) is 0 Å². The number of halogens is 2. The van der Waals surface area contributed by atoms with Gasteiger partial charge >= 0.3 is 0 Å². The van der Waals surface area contributed by atoms with Crippen molar-refractivity contribution in [3.05, 3.63) is 69.7 Å². The normalized spacial score (nSPS) is 16.2. The molecule has 1 fully saturated rings. The predicted octanol–water partition coefficient (Wildman–Crippen LogP) is 4.83. The van der Waals surface area contributed by atoms with Crippen molar-refractivity contribution in [3.63, 3.8) is 0 Å². The zero-order chi connectivity index (χ0) is 17.5. The molecule has 1 N–H and O–H groups in total. The molecular weight excluding hydrogens is 351 g/mol. The lowest BCUT2D eigenvalue weighted by atomic mass is 10.0. The van der Waals surface area contributed by atoms with E-state index in [1.165, 1.54) is 37.1 Å². The Bertz CT molecular complexity index is 652. The second-order valence-corrected chi connectivity index (χ2v) is 7.64. The van der Waals surface area contributed by atoms with Crippen LogP contribution in [0.2, 0.25) is 10.0 Å². The minimum absolute atomic E-state index is 0.624. The maximum Gasteiger partial charge on any atom is 0.0453 e. The Balaban J connectivity index is 1.34. The maximum absolute atomic E-state index is 6.24. The average Bonchev–Trinajstić information content (AvgIpc) is 2.64. The molecule has 0 radical (unpaired) electrons. The summed E-state index contributed by atoms with van der Waals surface area (Å²) >= 11 is 12.2. The summed E-state index contributed by atoms with van der Waals surface area (Å²) in [5.74, 6) is 0. The zero-order valence-corrected chi connectivity index (χ0v) is 16.1. The van der Waals surface area contributed by atoms with Gasteiger partial charge in [0.05, 0.1) is 0 Å². The molecule has 1 aliphatic heterocycles. The van der Waals surface area contributed by atoms with Crippen LogP contribution in [0.1, 0.15) is 24.0 Å². The Labute approximate surface area is 161 Å². The lowest BCUT2D eigenvalue weighted by Crippen LogP contribution is -2.43. The van der Waals surface area contributed by atoms with Crippen LogP contribution in [-0.2, 0) is 12.8 Å². The van der Waals surface area contributed by atoms with E-state index < -0.39 is 0 Å². The molecule has 0 aromatic heterocycles. The maximum atomic E-state index is 6.24. The second kappa shape index (κ2) is 9.59. The number of benzene rings is 2. The molecule has 25 heavy (non-hydrogen) atoms. The van der Waals surface area contributed by atoms with Crippen LogP contribution < -0.4 is 5.32 Å². The molecule has 3 rings (SSSR count). The number of hydrogen-bond donors (Lipinski definition) is 1. The Morgan fingerprint density at radius 3 is 2.44 bits per heavy atom. The summed E-state index contributed by atoms with van der Waals surface area (Å²) in [6.45, 7) is 4.51. The number of piperidine rings is 1. The Kier molecular flexibility index (Phi) is 7.18. The van der Waals surface area contributed by atoms with E-state index in [0.29, 0.717) is 11.1 Å². The van der Waals surface area contributed by atoms with Gasteiger partial charge in [0, 0.05) is 22.6 Å². The van der Waals surface area contributed by atoms with Crippen LogP contribution >= 0.6 is 23.2 Å². The Morgan fingerprint density at radius 1 is 0.960 bits per heavy atom. The first-order chi connectivity index (χ1) is 12.2. The van der Waals surface area contributed by atoms with Gasteiger partial charge in [-0.2, -0.15) is 0 Å². The molecule has 0 saturated carbocycles. The van der Waals surface area contributed by atoms with Gasteiger partial charge in [0.25, 0.3) is 0 Å². The van der Waals surface area contributed by atoms with Crippen molar-refractivity contribution >= 4 is 23.2 Å². The average molecular weight is 377 g/mol. The van der Waals surface area contributed by atoms with Crippen LogP contribution in [0.5, 0.6) is 0 Å². The molecule has 2 aromatic carbocycles. The molecule has 0 bridgehead atoms. The first kappa shape index (κ1) is 18.7. The van der Waals surface area contributed by atoms with Gasteiger partial charge < -0.3 is 10.2 Å². The molecule has 4 heteroatoms. The largest absolute Gasteiger partial charge is 0.314 e. The van der Waals surface area contributed by atoms with Crippen molar-refractivity contribution in [2.75, 3.05) is 26.2 Å². The third-order valence-corrected chi connectivity index (χ3v) is 5.58. The minimum Gasteiger partial charge on any atom is -0.314 e. The lowest BCUT2D eigenvalue weighted by molar-refractivity contribution is 0.200. The third kappa shape index (κ3) is 6.00. The molecule has 0 spiro atoms. The van der Waals surface area contributed by atoms with Crippen LogP contribution in [0, 0.1) is 0 Å². The Hall–Kier alpha value is -1.06. The van der Waals surface area contributed by atoms with Crippen LogP contribution in [0.25, 0.3) is 0 Å². The van der Waals surface area contributed by atoms with Crippen molar-refractivity contribution < 1.29 is 0 Å². The highest BCUT2D eigenvalue weighted by Gasteiger charge is 2.18. The number of rotatable bonds is 7. The SMILES string of the molecule is Clc1ccc(CCNC2CCN(CCc3ccccc3)CC2)c(Cl)c1. The van der Waals surface area contributed by atoms with E-state index in [-0.39, 0.29) is 0 Å². The van der Waals surface area contributed by atoms with Gasteiger partial charge in [0.2, 0.25) is 0 Å². The summed E-state index contributed by atoms with van der Waals surface area (Å²) in [4.78, 5) is 2.58. The molecule has 1 heterocycles. The summed E-state index contributed by atoms with van der Waals surface area (Å²) in [5, 5.41) is 5.16. The van der Waals surface area contributed by atoms with Crippen LogP contribution in [-0.4, -0.2) is 37.1 Å². The molecule has 0 amide bonds. The number of nitrogens with one attached hydrogen (secondary N) is 1. The van der Waals surface area contributed by atoms with Gasteiger partial charge in [0.1, 0.15) is 0 Å². The molecule has 2 aromatic rings. The fourth-order valence-electron chi connectivity index (χ4n) is 3.43. The molecular formula is C21H26Cl2N2. The minimum atomic E-state index is 0.624.